The molecule has 1 atom stereocenters. The maximum absolute atomic E-state index is 14.2. The number of benzene rings is 3. The summed E-state index contributed by atoms with van der Waals surface area (Å²) >= 11 is 0. The van der Waals surface area contributed by atoms with Gasteiger partial charge in [-0.15, -0.1) is 0 Å². The second-order valence-corrected chi connectivity index (χ2v) is 12.6. The Bertz CT molecular complexity index is 1530. The van der Waals surface area contributed by atoms with Gasteiger partial charge in [-0.3, -0.25) is 9.79 Å². The molecule has 5 nitrogen and oxygen atoms in total. The lowest BCUT2D eigenvalue weighted by Crippen LogP contribution is -2.44. The third-order valence-corrected chi connectivity index (χ3v) is 9.47. The predicted molar refractivity (Wildman–Crippen MR) is 183 cm³/mol. The predicted octanol–water partition coefficient (Wildman–Crippen LogP) is 8.52. The van der Waals surface area contributed by atoms with E-state index < -0.39 is 0 Å². The number of halogens is 1. The zero-order valence-electron chi connectivity index (χ0n) is 27.6. The van der Waals surface area contributed by atoms with Gasteiger partial charge in [0.05, 0.1) is 5.71 Å². The van der Waals surface area contributed by atoms with E-state index in [2.05, 4.69) is 62.9 Å². The number of rotatable bonds is 9. The van der Waals surface area contributed by atoms with E-state index in [1.807, 2.05) is 36.1 Å². The maximum Gasteiger partial charge on any atom is 0.253 e. The first-order valence-electron chi connectivity index (χ1n) is 16.6. The van der Waals surface area contributed by atoms with Crippen molar-refractivity contribution in [3.05, 3.63) is 112 Å². The number of nitrogens with zero attached hydrogens (tertiary/aromatic N) is 3. The first-order valence-corrected chi connectivity index (χ1v) is 16.6. The van der Waals surface area contributed by atoms with Gasteiger partial charge in [0, 0.05) is 72.4 Å². The quantitative estimate of drug-likeness (QED) is 0.229. The normalized spacial score (nSPS) is 17.8. The summed E-state index contributed by atoms with van der Waals surface area (Å²) in [6, 6.07) is 21.6. The summed E-state index contributed by atoms with van der Waals surface area (Å²) in [5, 5.41) is 0. The van der Waals surface area contributed by atoms with Crippen LogP contribution < -0.4 is 4.90 Å². The Morgan fingerprint density at radius 1 is 0.978 bits per heavy atom. The van der Waals surface area contributed by atoms with Gasteiger partial charge in [-0.2, -0.15) is 0 Å². The Kier molecular flexibility index (Phi) is 10.9. The SMILES string of the molecule is CC=C(C1CCN(C(=O)c2ccc(C(=NC(C)CC)c3cccc(F)c3)c(C)c2)CC1)N(c1ccccc1C)C1CCOCC1. The van der Waals surface area contributed by atoms with Gasteiger partial charge < -0.3 is 14.5 Å². The van der Waals surface area contributed by atoms with Crippen LogP contribution in [0, 0.1) is 25.6 Å². The first kappa shape index (κ1) is 32.6. The van der Waals surface area contributed by atoms with E-state index in [0.29, 0.717) is 17.5 Å². The third kappa shape index (κ3) is 7.55. The second kappa shape index (κ2) is 15.0. The number of aryl methyl sites for hydroxylation is 2. The second-order valence-electron chi connectivity index (χ2n) is 12.6. The van der Waals surface area contributed by atoms with Crippen molar-refractivity contribution in [2.75, 3.05) is 31.2 Å². The van der Waals surface area contributed by atoms with Crippen LogP contribution in [0.15, 0.2) is 83.5 Å². The highest BCUT2D eigenvalue weighted by Crippen LogP contribution is 2.36. The summed E-state index contributed by atoms with van der Waals surface area (Å²) in [6.07, 6.45) is 7.07. The fourth-order valence-corrected chi connectivity index (χ4v) is 6.77. The van der Waals surface area contributed by atoms with Gasteiger partial charge in [0.2, 0.25) is 0 Å². The lowest BCUT2D eigenvalue weighted by molar-refractivity contribution is 0.0695. The standard InChI is InChI=1S/C39H48FN3O2/c1-6-29(5)41-38(31-12-10-13-33(40)26-31)35-16-15-32(25-28(35)4)39(44)42-21-17-30(18-22-42)36(7-2)43(34-19-23-45-24-20-34)37-14-9-8-11-27(37)3/h7-16,25-26,29-30,34H,6,17-24H2,1-5H3. The summed E-state index contributed by atoms with van der Waals surface area (Å²) in [6.45, 7) is 13.6. The van der Waals surface area contributed by atoms with Crippen LogP contribution in [0.25, 0.3) is 0 Å². The largest absolute Gasteiger partial charge is 0.381 e. The number of amides is 1. The number of allylic oxidation sites excluding steroid dienone is 2. The van der Waals surface area contributed by atoms with E-state index in [9.17, 15) is 9.18 Å². The van der Waals surface area contributed by atoms with Crippen molar-refractivity contribution in [2.45, 2.75) is 78.8 Å². The Morgan fingerprint density at radius 2 is 1.71 bits per heavy atom. The van der Waals surface area contributed by atoms with E-state index in [1.54, 1.807) is 6.07 Å². The molecule has 0 aliphatic carbocycles. The van der Waals surface area contributed by atoms with Crippen molar-refractivity contribution in [1.29, 1.82) is 0 Å². The topological polar surface area (TPSA) is 45.1 Å². The summed E-state index contributed by atoms with van der Waals surface area (Å²) in [4.78, 5) is 23.3. The monoisotopic (exact) mass is 609 g/mol. The molecule has 1 unspecified atom stereocenters. The van der Waals surface area contributed by atoms with Crippen LogP contribution in [0.3, 0.4) is 0 Å². The summed E-state index contributed by atoms with van der Waals surface area (Å²) < 4.78 is 19.9. The van der Waals surface area contributed by atoms with Crippen LogP contribution in [-0.2, 0) is 4.74 Å². The minimum Gasteiger partial charge on any atom is -0.381 e. The Hall–Kier alpha value is -3.77. The molecular weight excluding hydrogens is 561 g/mol. The van der Waals surface area contributed by atoms with Crippen molar-refractivity contribution >= 4 is 17.3 Å². The van der Waals surface area contributed by atoms with Crippen LogP contribution in [0.5, 0.6) is 0 Å². The average molecular weight is 610 g/mol. The zero-order valence-corrected chi connectivity index (χ0v) is 27.6. The Morgan fingerprint density at radius 3 is 2.36 bits per heavy atom. The van der Waals surface area contributed by atoms with Gasteiger partial charge in [-0.25, -0.2) is 4.39 Å². The number of carbonyl (C=O) groups excluding carboxylic acids is 1. The Labute approximate surface area is 268 Å². The molecule has 1 amide bonds. The highest BCUT2D eigenvalue weighted by atomic mass is 19.1. The molecule has 5 rings (SSSR count). The maximum atomic E-state index is 14.2. The van der Waals surface area contributed by atoms with Gasteiger partial charge in [0.15, 0.2) is 0 Å². The van der Waals surface area contributed by atoms with E-state index in [1.165, 1.54) is 29.1 Å². The first-order chi connectivity index (χ1) is 21.8. The minimum absolute atomic E-state index is 0.0662. The minimum atomic E-state index is -0.284. The summed E-state index contributed by atoms with van der Waals surface area (Å²) in [5.74, 6) is 0.167. The molecule has 0 saturated carbocycles. The summed E-state index contributed by atoms with van der Waals surface area (Å²) in [5.41, 5.74) is 8.02. The molecule has 2 saturated heterocycles. The van der Waals surface area contributed by atoms with Crippen molar-refractivity contribution in [1.82, 2.24) is 4.90 Å². The molecular formula is C39H48FN3O2. The number of piperidine rings is 1. The highest BCUT2D eigenvalue weighted by molar-refractivity contribution is 6.14. The average Bonchev–Trinajstić information content (AvgIpc) is 3.07. The lowest BCUT2D eigenvalue weighted by atomic mass is 9.89. The highest BCUT2D eigenvalue weighted by Gasteiger charge is 2.32. The molecule has 0 aromatic heterocycles. The molecule has 0 N–H and O–H groups in total. The van der Waals surface area contributed by atoms with E-state index in [4.69, 9.17) is 9.73 Å². The molecule has 2 aliphatic heterocycles. The number of hydrogen-bond acceptors (Lipinski definition) is 4. The number of ether oxygens (including phenoxy) is 1. The Balaban J connectivity index is 1.32. The molecule has 2 aliphatic rings. The molecule has 45 heavy (non-hydrogen) atoms. The number of para-hydroxylation sites is 1. The van der Waals surface area contributed by atoms with Gasteiger partial charge in [0.1, 0.15) is 5.82 Å². The smallest absolute Gasteiger partial charge is 0.253 e. The molecule has 2 heterocycles. The third-order valence-electron chi connectivity index (χ3n) is 9.47. The fraction of sp³-hybridized carbons (Fsp3) is 0.436. The number of anilines is 1. The molecule has 2 fully saturated rings. The summed E-state index contributed by atoms with van der Waals surface area (Å²) in [7, 11) is 0. The molecule has 6 heteroatoms. The van der Waals surface area contributed by atoms with Crippen molar-refractivity contribution < 1.29 is 13.9 Å². The van der Waals surface area contributed by atoms with Crippen molar-refractivity contribution in [3.63, 3.8) is 0 Å². The van der Waals surface area contributed by atoms with Crippen LogP contribution in [-0.4, -0.2) is 54.9 Å². The lowest BCUT2D eigenvalue weighted by Gasteiger charge is -2.43. The number of carbonyl (C=O) groups is 1. The molecule has 0 spiro atoms. The van der Waals surface area contributed by atoms with Gasteiger partial charge >= 0.3 is 0 Å². The van der Waals surface area contributed by atoms with Crippen molar-refractivity contribution in [2.24, 2.45) is 10.9 Å². The van der Waals surface area contributed by atoms with E-state index in [0.717, 1.165) is 80.8 Å². The number of likely N-dealkylation sites (tertiary alicyclic amines) is 1. The van der Waals surface area contributed by atoms with E-state index >= 15 is 0 Å². The number of hydrogen-bond donors (Lipinski definition) is 0. The van der Waals surface area contributed by atoms with Crippen LogP contribution in [0.1, 0.15) is 85.5 Å². The van der Waals surface area contributed by atoms with Gasteiger partial charge in [0.25, 0.3) is 5.91 Å². The van der Waals surface area contributed by atoms with Gasteiger partial charge in [-0.1, -0.05) is 49.4 Å². The van der Waals surface area contributed by atoms with E-state index in [-0.39, 0.29) is 17.8 Å². The molecule has 3 aromatic carbocycles. The molecule has 238 valence electrons. The molecule has 3 aromatic rings. The molecule has 0 radical (unpaired) electrons. The van der Waals surface area contributed by atoms with Crippen LogP contribution >= 0.6 is 0 Å². The molecule has 0 bridgehead atoms. The van der Waals surface area contributed by atoms with Crippen LogP contribution in [0.4, 0.5) is 10.1 Å². The van der Waals surface area contributed by atoms with Crippen LogP contribution in [0.2, 0.25) is 0 Å². The number of aliphatic imine (C=N–C) groups is 1. The zero-order chi connectivity index (χ0) is 31.9. The fourth-order valence-electron chi connectivity index (χ4n) is 6.77. The van der Waals surface area contributed by atoms with Gasteiger partial charge in [-0.05, 0) is 101 Å². The van der Waals surface area contributed by atoms with Crippen molar-refractivity contribution in [3.8, 4) is 0 Å².